The second kappa shape index (κ2) is 10.8. The van der Waals surface area contributed by atoms with Gasteiger partial charge in [0.1, 0.15) is 11.6 Å². The summed E-state index contributed by atoms with van der Waals surface area (Å²) < 4.78 is 7.03. The van der Waals surface area contributed by atoms with E-state index in [1.165, 1.54) is 0 Å². The van der Waals surface area contributed by atoms with E-state index in [9.17, 15) is 9.59 Å². The number of benzene rings is 3. The Hall–Kier alpha value is -3.93. The van der Waals surface area contributed by atoms with Gasteiger partial charge in [-0.15, -0.1) is 0 Å². The van der Waals surface area contributed by atoms with Gasteiger partial charge in [-0.3, -0.25) is 14.2 Å². The number of methoxy groups -OCH3 is 1. The molecule has 1 heterocycles. The van der Waals surface area contributed by atoms with Crippen molar-refractivity contribution in [3.8, 4) is 11.4 Å². The van der Waals surface area contributed by atoms with E-state index in [-0.39, 0.29) is 11.5 Å². The fraction of sp³-hybridized carbons (Fsp3) is 0.300. The van der Waals surface area contributed by atoms with Crippen LogP contribution in [0.1, 0.15) is 60.0 Å². The summed E-state index contributed by atoms with van der Waals surface area (Å²) in [6, 6.07) is 20.1. The average molecular weight is 484 g/mol. The van der Waals surface area contributed by atoms with Crippen molar-refractivity contribution in [1.29, 1.82) is 0 Å². The minimum absolute atomic E-state index is 0.121. The van der Waals surface area contributed by atoms with Crippen LogP contribution < -0.4 is 10.3 Å². The fourth-order valence-electron chi connectivity index (χ4n) is 4.58. The summed E-state index contributed by atoms with van der Waals surface area (Å²) in [6.45, 7) is 8.61. The number of aromatic nitrogens is 2. The summed E-state index contributed by atoms with van der Waals surface area (Å²) in [5.41, 5.74) is 3.88. The molecule has 4 rings (SSSR count). The molecule has 1 unspecified atom stereocenters. The molecule has 6 nitrogen and oxygen atoms in total. The zero-order chi connectivity index (χ0) is 25.8. The highest BCUT2D eigenvalue weighted by Crippen LogP contribution is 2.27. The number of hydrogen-bond donors (Lipinski definition) is 0. The van der Waals surface area contributed by atoms with E-state index in [1.807, 2.05) is 68.1 Å². The molecule has 0 N–H and O–H groups in total. The molecule has 36 heavy (non-hydrogen) atoms. The van der Waals surface area contributed by atoms with Crippen LogP contribution in [0.15, 0.2) is 71.5 Å². The van der Waals surface area contributed by atoms with Gasteiger partial charge in [0.05, 0.1) is 29.7 Å². The van der Waals surface area contributed by atoms with Crippen molar-refractivity contribution in [3.63, 3.8) is 0 Å². The topological polar surface area (TPSA) is 64.4 Å². The van der Waals surface area contributed by atoms with Crippen molar-refractivity contribution >= 4 is 16.8 Å². The zero-order valence-corrected chi connectivity index (χ0v) is 21.6. The molecule has 0 saturated heterocycles. The Kier molecular flexibility index (Phi) is 7.53. The summed E-state index contributed by atoms with van der Waals surface area (Å²) in [5, 5.41) is 0.549. The lowest BCUT2D eigenvalue weighted by Crippen LogP contribution is -2.38. The molecule has 4 aromatic rings. The number of aryl methyl sites for hydroxylation is 2. The van der Waals surface area contributed by atoms with E-state index < -0.39 is 6.04 Å². The molecule has 0 aliphatic heterocycles. The number of carbonyl (C=O) groups is 1. The maximum absolute atomic E-state index is 13.9. The Labute approximate surface area is 212 Å². The number of hydrogen-bond acceptors (Lipinski definition) is 4. The summed E-state index contributed by atoms with van der Waals surface area (Å²) >= 11 is 0. The Balaban J connectivity index is 1.92. The molecule has 1 atom stereocenters. The van der Waals surface area contributed by atoms with E-state index in [0.29, 0.717) is 34.6 Å². The molecule has 1 aromatic heterocycles. The molecule has 0 spiro atoms. The maximum atomic E-state index is 13.9. The normalized spacial score (nSPS) is 11.9. The standard InChI is InChI=1S/C30H33N3O3/c1-6-7-17-32(29(34)23-11-10-12-24(19-23)36-5)22(4)28-31-26-14-9-8-13-25(26)30(35)33(28)27-16-15-20(2)18-21(27)3/h8-16,18-19,22H,6-7,17H2,1-5H3. The van der Waals surface area contributed by atoms with Crippen LogP contribution in [0, 0.1) is 13.8 Å². The van der Waals surface area contributed by atoms with Crippen LogP contribution in [0.3, 0.4) is 0 Å². The van der Waals surface area contributed by atoms with Gasteiger partial charge in [0.2, 0.25) is 0 Å². The maximum Gasteiger partial charge on any atom is 0.266 e. The molecule has 0 saturated carbocycles. The molecular formula is C30H33N3O3. The summed E-state index contributed by atoms with van der Waals surface area (Å²) in [4.78, 5) is 34.4. The largest absolute Gasteiger partial charge is 0.497 e. The molecule has 186 valence electrons. The van der Waals surface area contributed by atoms with Crippen LogP contribution >= 0.6 is 0 Å². The van der Waals surface area contributed by atoms with Gasteiger partial charge in [0, 0.05) is 12.1 Å². The Morgan fingerprint density at radius 3 is 2.56 bits per heavy atom. The molecule has 0 fully saturated rings. The quantitative estimate of drug-likeness (QED) is 0.308. The Morgan fingerprint density at radius 2 is 1.83 bits per heavy atom. The van der Waals surface area contributed by atoms with Crippen molar-refractivity contribution < 1.29 is 9.53 Å². The minimum atomic E-state index is -0.451. The highest BCUT2D eigenvalue weighted by Gasteiger charge is 2.28. The zero-order valence-electron chi connectivity index (χ0n) is 21.6. The SMILES string of the molecule is CCCCN(C(=O)c1cccc(OC)c1)C(C)c1nc2ccccc2c(=O)n1-c1ccc(C)cc1C. The molecule has 6 heteroatoms. The number of ether oxygens (including phenoxy) is 1. The fourth-order valence-corrected chi connectivity index (χ4v) is 4.58. The van der Waals surface area contributed by atoms with E-state index in [0.717, 1.165) is 29.7 Å². The second-order valence-electron chi connectivity index (χ2n) is 9.18. The van der Waals surface area contributed by atoms with Gasteiger partial charge in [-0.1, -0.05) is 49.2 Å². The van der Waals surface area contributed by atoms with Crippen LogP contribution in [0.4, 0.5) is 0 Å². The predicted molar refractivity (Wildman–Crippen MR) is 144 cm³/mol. The first-order valence-electron chi connectivity index (χ1n) is 12.4. The Bertz CT molecular complexity index is 1460. The van der Waals surface area contributed by atoms with Gasteiger partial charge in [-0.05, 0) is 69.2 Å². The van der Waals surface area contributed by atoms with Gasteiger partial charge in [0.25, 0.3) is 11.5 Å². The molecule has 0 aliphatic carbocycles. The minimum Gasteiger partial charge on any atom is -0.497 e. The first-order valence-corrected chi connectivity index (χ1v) is 12.4. The van der Waals surface area contributed by atoms with Crippen LogP contribution in [0.5, 0.6) is 5.75 Å². The van der Waals surface area contributed by atoms with E-state index >= 15 is 0 Å². The van der Waals surface area contributed by atoms with Crippen molar-refractivity contribution in [3.05, 3.63) is 99.6 Å². The van der Waals surface area contributed by atoms with Crippen molar-refractivity contribution in [1.82, 2.24) is 14.5 Å². The van der Waals surface area contributed by atoms with Crippen molar-refractivity contribution in [2.45, 2.75) is 46.6 Å². The van der Waals surface area contributed by atoms with Gasteiger partial charge in [0.15, 0.2) is 0 Å². The van der Waals surface area contributed by atoms with Gasteiger partial charge in [-0.25, -0.2) is 4.98 Å². The summed E-state index contributed by atoms with van der Waals surface area (Å²) in [6.07, 6.45) is 1.77. The van der Waals surface area contributed by atoms with Crippen LogP contribution in [-0.4, -0.2) is 34.0 Å². The first-order chi connectivity index (χ1) is 17.3. The smallest absolute Gasteiger partial charge is 0.266 e. The molecule has 1 amide bonds. The van der Waals surface area contributed by atoms with Crippen LogP contribution in [-0.2, 0) is 0 Å². The van der Waals surface area contributed by atoms with Crippen molar-refractivity contribution in [2.24, 2.45) is 0 Å². The monoisotopic (exact) mass is 483 g/mol. The van der Waals surface area contributed by atoms with E-state index in [2.05, 4.69) is 13.0 Å². The molecule has 3 aromatic carbocycles. The number of fused-ring (bicyclic) bond motifs is 1. The predicted octanol–water partition coefficient (Wildman–Crippen LogP) is 6.01. The molecule has 0 radical (unpaired) electrons. The third kappa shape index (κ3) is 4.89. The number of nitrogens with zero attached hydrogens (tertiary/aromatic N) is 3. The molecule has 0 aliphatic rings. The lowest BCUT2D eigenvalue weighted by Gasteiger charge is -2.31. The Morgan fingerprint density at radius 1 is 1.06 bits per heavy atom. The third-order valence-corrected chi connectivity index (χ3v) is 6.57. The van der Waals surface area contributed by atoms with Crippen LogP contribution in [0.2, 0.25) is 0 Å². The third-order valence-electron chi connectivity index (χ3n) is 6.57. The highest BCUT2D eigenvalue weighted by molar-refractivity contribution is 5.95. The number of carbonyl (C=O) groups excluding carboxylic acids is 1. The van der Waals surface area contributed by atoms with Crippen molar-refractivity contribution in [2.75, 3.05) is 13.7 Å². The summed E-state index contributed by atoms with van der Waals surface area (Å²) in [7, 11) is 1.59. The second-order valence-corrected chi connectivity index (χ2v) is 9.18. The number of rotatable bonds is 8. The number of para-hydroxylation sites is 1. The first kappa shape index (κ1) is 25.2. The van der Waals surface area contributed by atoms with E-state index in [1.54, 1.807) is 29.9 Å². The highest BCUT2D eigenvalue weighted by atomic mass is 16.5. The number of amides is 1. The lowest BCUT2D eigenvalue weighted by atomic mass is 10.1. The van der Waals surface area contributed by atoms with Crippen LogP contribution in [0.25, 0.3) is 16.6 Å². The molecular weight excluding hydrogens is 450 g/mol. The van der Waals surface area contributed by atoms with Gasteiger partial charge >= 0.3 is 0 Å². The number of unbranched alkanes of at least 4 members (excludes halogenated alkanes) is 1. The van der Waals surface area contributed by atoms with Gasteiger partial charge < -0.3 is 9.64 Å². The molecule has 0 bridgehead atoms. The van der Waals surface area contributed by atoms with Gasteiger partial charge in [-0.2, -0.15) is 0 Å². The summed E-state index contributed by atoms with van der Waals surface area (Å²) in [5.74, 6) is 1.04. The average Bonchev–Trinajstić information content (AvgIpc) is 2.89. The van der Waals surface area contributed by atoms with E-state index in [4.69, 9.17) is 9.72 Å². The lowest BCUT2D eigenvalue weighted by molar-refractivity contribution is 0.0678.